The molecule has 41 heavy (non-hydrogen) atoms. The van der Waals surface area contributed by atoms with Crippen molar-refractivity contribution in [2.45, 2.75) is 26.1 Å². The lowest BCUT2D eigenvalue weighted by atomic mass is 10.0. The largest absolute Gasteiger partial charge is 0.417 e. The first-order chi connectivity index (χ1) is 19.9. The van der Waals surface area contributed by atoms with Crippen molar-refractivity contribution in [1.82, 2.24) is 19.7 Å². The van der Waals surface area contributed by atoms with Crippen molar-refractivity contribution in [2.75, 3.05) is 5.32 Å². The average Bonchev–Trinajstić information content (AvgIpc) is 3.35. The zero-order valence-electron chi connectivity index (χ0n) is 22.2. The van der Waals surface area contributed by atoms with Gasteiger partial charge in [-0.2, -0.15) is 18.3 Å². The molecule has 0 radical (unpaired) electrons. The molecule has 0 amide bonds. The number of aromatic nitrogens is 4. The fourth-order valence-electron chi connectivity index (χ4n) is 5.02. The minimum Gasteiger partial charge on any atom is -0.322 e. The van der Waals surface area contributed by atoms with Gasteiger partial charge in [0.05, 0.1) is 22.3 Å². The molecule has 2 aromatic heterocycles. The monoisotopic (exact) mass is 549 g/mol. The average molecular weight is 550 g/mol. The van der Waals surface area contributed by atoms with Gasteiger partial charge >= 0.3 is 6.18 Å². The van der Waals surface area contributed by atoms with Gasteiger partial charge in [-0.1, -0.05) is 97.9 Å². The lowest BCUT2D eigenvalue weighted by molar-refractivity contribution is -0.137. The third kappa shape index (κ3) is 5.16. The first-order valence-electron chi connectivity index (χ1n) is 13.4. The molecule has 0 aliphatic carbocycles. The van der Waals surface area contributed by atoms with Crippen LogP contribution in [0.5, 0.6) is 0 Å². The van der Waals surface area contributed by atoms with Gasteiger partial charge in [0.1, 0.15) is 5.82 Å². The van der Waals surface area contributed by atoms with Crippen LogP contribution >= 0.6 is 0 Å². The summed E-state index contributed by atoms with van der Waals surface area (Å²) in [5.74, 6) is 0.916. The molecular weight excluding hydrogens is 523 g/mol. The molecule has 0 aliphatic heterocycles. The van der Waals surface area contributed by atoms with Crippen LogP contribution in [0.4, 0.5) is 24.8 Å². The van der Waals surface area contributed by atoms with E-state index >= 15 is 0 Å². The van der Waals surface area contributed by atoms with Crippen molar-refractivity contribution in [3.63, 3.8) is 0 Å². The number of fused-ring (bicyclic) bond motifs is 1. The van der Waals surface area contributed by atoms with E-state index in [0.717, 1.165) is 34.9 Å². The summed E-state index contributed by atoms with van der Waals surface area (Å²) in [7, 11) is 0. The lowest BCUT2D eigenvalue weighted by Crippen LogP contribution is -2.09. The van der Waals surface area contributed by atoms with Crippen LogP contribution in [0.25, 0.3) is 44.7 Å². The fourth-order valence-corrected chi connectivity index (χ4v) is 5.02. The van der Waals surface area contributed by atoms with Crippen LogP contribution in [0.1, 0.15) is 18.9 Å². The van der Waals surface area contributed by atoms with Crippen LogP contribution in [-0.2, 0) is 12.7 Å². The summed E-state index contributed by atoms with van der Waals surface area (Å²) in [6, 6.07) is 32.6. The molecule has 0 fully saturated rings. The Hall–Kier alpha value is -4.98. The van der Waals surface area contributed by atoms with E-state index < -0.39 is 11.7 Å². The van der Waals surface area contributed by atoms with Crippen LogP contribution in [0.3, 0.4) is 0 Å². The number of nitrogens with one attached hydrogen (secondary N) is 1. The second kappa shape index (κ2) is 10.9. The van der Waals surface area contributed by atoms with E-state index in [1.807, 2.05) is 77.5 Å². The summed E-state index contributed by atoms with van der Waals surface area (Å²) in [6.07, 6.45) is -3.69. The number of alkyl halides is 3. The van der Waals surface area contributed by atoms with Gasteiger partial charge in [-0.15, -0.1) is 0 Å². The zero-order chi connectivity index (χ0) is 28.4. The number of anilines is 2. The highest BCUT2D eigenvalue weighted by Crippen LogP contribution is 2.41. The Balaban J connectivity index is 1.58. The lowest BCUT2D eigenvalue weighted by Gasteiger charge is -2.14. The van der Waals surface area contributed by atoms with E-state index in [2.05, 4.69) is 22.2 Å². The molecule has 0 spiro atoms. The Morgan fingerprint density at radius 1 is 0.707 bits per heavy atom. The molecule has 2 heterocycles. The summed E-state index contributed by atoms with van der Waals surface area (Å²) >= 11 is 0. The molecule has 0 saturated heterocycles. The third-order valence-corrected chi connectivity index (χ3v) is 6.81. The molecule has 0 atom stereocenters. The quantitative estimate of drug-likeness (QED) is 0.216. The van der Waals surface area contributed by atoms with Gasteiger partial charge in [-0.25, -0.2) is 9.97 Å². The van der Waals surface area contributed by atoms with E-state index in [1.54, 1.807) is 18.2 Å². The highest BCUT2D eigenvalue weighted by molar-refractivity contribution is 5.96. The van der Waals surface area contributed by atoms with Crippen molar-refractivity contribution >= 4 is 22.5 Å². The highest BCUT2D eigenvalue weighted by Gasteiger charge is 2.34. The van der Waals surface area contributed by atoms with Crippen LogP contribution in [0, 0.1) is 0 Å². The molecular formula is C33H26F3N5. The molecule has 1 N–H and O–H groups in total. The summed E-state index contributed by atoms with van der Waals surface area (Å²) in [5.41, 5.74) is 3.44. The summed E-state index contributed by atoms with van der Waals surface area (Å²) < 4.78 is 43.8. The van der Waals surface area contributed by atoms with Gasteiger partial charge in [0.25, 0.3) is 0 Å². The smallest absolute Gasteiger partial charge is 0.322 e. The van der Waals surface area contributed by atoms with E-state index in [4.69, 9.17) is 5.10 Å². The van der Waals surface area contributed by atoms with Crippen molar-refractivity contribution < 1.29 is 13.2 Å². The minimum atomic E-state index is -4.55. The molecule has 8 heteroatoms. The van der Waals surface area contributed by atoms with Crippen LogP contribution in [0.15, 0.2) is 109 Å². The van der Waals surface area contributed by atoms with Gasteiger partial charge in [0.15, 0.2) is 11.6 Å². The second-order valence-electron chi connectivity index (χ2n) is 9.61. The number of nitrogens with zero attached hydrogens (tertiary/aromatic N) is 4. The molecule has 0 unspecified atom stereocenters. The summed E-state index contributed by atoms with van der Waals surface area (Å²) in [4.78, 5) is 9.19. The maximum atomic E-state index is 13.9. The van der Waals surface area contributed by atoms with Crippen LogP contribution in [0.2, 0.25) is 0 Å². The van der Waals surface area contributed by atoms with Gasteiger partial charge in [0, 0.05) is 23.1 Å². The van der Waals surface area contributed by atoms with Gasteiger partial charge in [0.2, 0.25) is 0 Å². The predicted molar refractivity (Wildman–Crippen MR) is 157 cm³/mol. The van der Waals surface area contributed by atoms with Crippen molar-refractivity contribution in [3.8, 4) is 33.8 Å². The molecule has 5 nitrogen and oxygen atoms in total. The highest BCUT2D eigenvalue weighted by atomic mass is 19.4. The van der Waals surface area contributed by atoms with Crippen molar-refractivity contribution in [1.29, 1.82) is 0 Å². The van der Waals surface area contributed by atoms with Gasteiger partial charge in [-0.05, 0) is 30.2 Å². The molecule has 0 aliphatic rings. The second-order valence-corrected chi connectivity index (χ2v) is 9.61. The summed E-state index contributed by atoms with van der Waals surface area (Å²) in [5, 5.41) is 9.06. The molecule has 6 rings (SSSR count). The van der Waals surface area contributed by atoms with E-state index in [-0.39, 0.29) is 11.4 Å². The molecule has 4 aromatic carbocycles. The normalized spacial score (nSPS) is 11.6. The van der Waals surface area contributed by atoms with Gasteiger partial charge < -0.3 is 5.32 Å². The zero-order valence-corrected chi connectivity index (χ0v) is 22.2. The van der Waals surface area contributed by atoms with Gasteiger partial charge in [-0.3, -0.25) is 4.68 Å². The number of para-hydroxylation sites is 1. The molecule has 6 aromatic rings. The number of rotatable bonds is 7. The van der Waals surface area contributed by atoms with Crippen LogP contribution < -0.4 is 5.32 Å². The number of hydrogen-bond acceptors (Lipinski definition) is 4. The van der Waals surface area contributed by atoms with E-state index in [9.17, 15) is 13.2 Å². The minimum absolute atomic E-state index is 0.0170. The predicted octanol–water partition coefficient (Wildman–Crippen LogP) is 9.00. The molecule has 0 saturated carbocycles. The topological polar surface area (TPSA) is 55.6 Å². The maximum Gasteiger partial charge on any atom is 0.417 e. The SMILES string of the molecule is CCCn1nc(Nc2nc(-c3ccccc3C(F)(F)F)nc3ccccc23)c(-c2ccccc2)c1-c1ccccc1. The standard InChI is InChI=1S/C33H26F3N5/c1-2-21-41-29(23-15-7-4-8-16-23)28(22-13-5-3-6-14-22)32(40-41)39-31-25-18-10-12-20-27(25)37-30(38-31)24-17-9-11-19-26(24)33(34,35)36/h3-20H,2,21H2,1H3,(H,37,38,39,40). The fraction of sp³-hybridized carbons (Fsp3) is 0.121. The summed E-state index contributed by atoms with van der Waals surface area (Å²) in [6.45, 7) is 2.77. The maximum absolute atomic E-state index is 13.9. The van der Waals surface area contributed by atoms with E-state index in [1.165, 1.54) is 12.1 Å². The Labute approximate surface area is 235 Å². The number of aryl methyl sites for hydroxylation is 1. The van der Waals surface area contributed by atoms with Crippen LogP contribution in [-0.4, -0.2) is 19.7 Å². The Morgan fingerprint density at radius 2 is 1.34 bits per heavy atom. The third-order valence-electron chi connectivity index (χ3n) is 6.81. The van der Waals surface area contributed by atoms with E-state index in [0.29, 0.717) is 29.1 Å². The number of hydrogen-bond donors (Lipinski definition) is 1. The number of benzene rings is 4. The first-order valence-corrected chi connectivity index (χ1v) is 13.4. The van der Waals surface area contributed by atoms with Crippen molar-refractivity contribution in [2.24, 2.45) is 0 Å². The first kappa shape index (κ1) is 26.3. The van der Waals surface area contributed by atoms with Crippen molar-refractivity contribution in [3.05, 3.63) is 115 Å². The Morgan fingerprint density at radius 3 is 2.05 bits per heavy atom. The number of halogens is 3. The molecule has 204 valence electrons. The Bertz CT molecular complexity index is 1810. The molecule has 0 bridgehead atoms. The Kier molecular flexibility index (Phi) is 6.97.